The van der Waals surface area contributed by atoms with Gasteiger partial charge in [0.2, 0.25) is 5.91 Å². The molecular formula is C25H23ClN4O3. The standard InChI is InChI=1S/C25H23ClN4O3/c1-16(17-7-3-2-4-8-17)27-21-12-11-18(15-20(21)26)28-23(31)13-14-30-22-10-6-5-9-19(22)24(32)29-25(30)33/h2-12,15-16,27H,13-14H2,1H3,(H,28,31)(H,29,32,33). The third-order valence-corrected chi connectivity index (χ3v) is 5.70. The van der Waals surface area contributed by atoms with Crippen LogP contribution in [-0.2, 0) is 11.3 Å². The van der Waals surface area contributed by atoms with Crippen molar-refractivity contribution in [2.45, 2.75) is 25.9 Å². The topological polar surface area (TPSA) is 96.0 Å². The lowest BCUT2D eigenvalue weighted by Gasteiger charge is -2.17. The Morgan fingerprint density at radius 3 is 2.52 bits per heavy atom. The summed E-state index contributed by atoms with van der Waals surface area (Å²) in [5, 5.41) is 7.06. The number of aryl methyl sites for hydroxylation is 1. The number of fused-ring (bicyclic) bond motifs is 1. The second-order valence-corrected chi connectivity index (χ2v) is 8.10. The molecule has 0 aliphatic heterocycles. The Bertz CT molecular complexity index is 1410. The fraction of sp³-hybridized carbons (Fsp3) is 0.160. The Balaban J connectivity index is 1.41. The molecule has 1 atom stereocenters. The minimum atomic E-state index is -0.544. The predicted molar refractivity (Wildman–Crippen MR) is 132 cm³/mol. The van der Waals surface area contributed by atoms with E-state index < -0.39 is 11.2 Å². The third-order valence-electron chi connectivity index (χ3n) is 5.39. The van der Waals surface area contributed by atoms with Gasteiger partial charge in [-0.1, -0.05) is 54.1 Å². The van der Waals surface area contributed by atoms with Crippen molar-refractivity contribution < 1.29 is 4.79 Å². The molecule has 4 rings (SSSR count). The van der Waals surface area contributed by atoms with Gasteiger partial charge in [0.1, 0.15) is 0 Å². The maximum Gasteiger partial charge on any atom is 0.328 e. The smallest absolute Gasteiger partial charge is 0.328 e. The molecule has 0 fully saturated rings. The average molecular weight is 463 g/mol. The Morgan fingerprint density at radius 1 is 1.03 bits per heavy atom. The van der Waals surface area contributed by atoms with Crippen LogP contribution in [0, 0.1) is 0 Å². The quantitative estimate of drug-likeness (QED) is 0.375. The summed E-state index contributed by atoms with van der Waals surface area (Å²) in [7, 11) is 0. The predicted octanol–water partition coefficient (Wildman–Crippen LogP) is 4.55. The average Bonchev–Trinajstić information content (AvgIpc) is 2.81. The van der Waals surface area contributed by atoms with Crippen LogP contribution in [0.4, 0.5) is 11.4 Å². The highest BCUT2D eigenvalue weighted by Crippen LogP contribution is 2.29. The molecule has 0 aliphatic carbocycles. The highest BCUT2D eigenvalue weighted by atomic mass is 35.5. The number of nitrogens with zero attached hydrogens (tertiary/aromatic N) is 1. The van der Waals surface area contributed by atoms with E-state index in [1.807, 2.05) is 43.3 Å². The molecule has 1 aromatic heterocycles. The zero-order chi connectivity index (χ0) is 23.4. The summed E-state index contributed by atoms with van der Waals surface area (Å²) in [6.45, 7) is 2.17. The number of hydrogen-bond donors (Lipinski definition) is 3. The first-order valence-electron chi connectivity index (χ1n) is 10.5. The van der Waals surface area contributed by atoms with Gasteiger partial charge in [0.25, 0.3) is 5.56 Å². The lowest BCUT2D eigenvalue weighted by molar-refractivity contribution is -0.116. The maximum absolute atomic E-state index is 12.5. The molecule has 7 nitrogen and oxygen atoms in total. The van der Waals surface area contributed by atoms with Gasteiger partial charge in [-0.05, 0) is 42.8 Å². The summed E-state index contributed by atoms with van der Waals surface area (Å²) in [4.78, 5) is 39.0. The lowest BCUT2D eigenvalue weighted by Crippen LogP contribution is -2.31. The van der Waals surface area contributed by atoms with Crippen LogP contribution < -0.4 is 21.9 Å². The van der Waals surface area contributed by atoms with Crippen LogP contribution in [-0.4, -0.2) is 15.5 Å². The molecule has 0 spiro atoms. The van der Waals surface area contributed by atoms with Crippen molar-refractivity contribution in [2.24, 2.45) is 0 Å². The number of carbonyl (C=O) groups excluding carboxylic acids is 1. The molecule has 0 saturated carbocycles. The van der Waals surface area contributed by atoms with Crippen LogP contribution >= 0.6 is 11.6 Å². The summed E-state index contributed by atoms with van der Waals surface area (Å²) < 4.78 is 1.39. The van der Waals surface area contributed by atoms with Gasteiger partial charge in [0.05, 0.1) is 21.6 Å². The van der Waals surface area contributed by atoms with Crippen molar-refractivity contribution in [2.75, 3.05) is 10.6 Å². The van der Waals surface area contributed by atoms with Crippen molar-refractivity contribution in [3.05, 3.63) is 104 Å². The van der Waals surface area contributed by atoms with Crippen molar-refractivity contribution >= 4 is 39.8 Å². The van der Waals surface area contributed by atoms with Crippen LogP contribution in [0.25, 0.3) is 10.9 Å². The normalized spacial score (nSPS) is 11.8. The molecule has 8 heteroatoms. The number of anilines is 2. The molecule has 1 unspecified atom stereocenters. The number of H-pyrrole nitrogens is 1. The zero-order valence-corrected chi connectivity index (χ0v) is 18.7. The molecule has 0 aliphatic rings. The molecule has 33 heavy (non-hydrogen) atoms. The van der Waals surface area contributed by atoms with E-state index >= 15 is 0 Å². The Labute approximate surface area is 195 Å². The molecule has 0 bridgehead atoms. The summed E-state index contributed by atoms with van der Waals surface area (Å²) in [6.07, 6.45) is 0.0542. The number of rotatable bonds is 7. The Hall–Kier alpha value is -3.84. The van der Waals surface area contributed by atoms with Gasteiger partial charge in [0, 0.05) is 24.7 Å². The molecule has 168 valence electrons. The number of carbonyl (C=O) groups is 1. The number of amides is 1. The third kappa shape index (κ3) is 5.15. The second-order valence-electron chi connectivity index (χ2n) is 7.70. The maximum atomic E-state index is 12.5. The van der Waals surface area contributed by atoms with E-state index in [0.717, 1.165) is 11.3 Å². The van der Waals surface area contributed by atoms with Crippen LogP contribution in [0.1, 0.15) is 24.9 Å². The number of aromatic nitrogens is 2. The fourth-order valence-corrected chi connectivity index (χ4v) is 3.90. The molecule has 1 heterocycles. The van der Waals surface area contributed by atoms with E-state index in [2.05, 4.69) is 15.6 Å². The summed E-state index contributed by atoms with van der Waals surface area (Å²) in [5.41, 5.74) is 1.96. The van der Waals surface area contributed by atoms with E-state index in [-0.39, 0.29) is 24.9 Å². The van der Waals surface area contributed by atoms with Gasteiger partial charge in [-0.2, -0.15) is 0 Å². The minimum absolute atomic E-state index is 0.0542. The number of benzene rings is 3. The molecule has 3 N–H and O–H groups in total. The van der Waals surface area contributed by atoms with Crippen molar-refractivity contribution in [1.82, 2.24) is 9.55 Å². The summed E-state index contributed by atoms with van der Waals surface area (Å²) in [5.74, 6) is -0.272. The first kappa shape index (κ1) is 22.4. The van der Waals surface area contributed by atoms with Gasteiger partial charge < -0.3 is 10.6 Å². The van der Waals surface area contributed by atoms with Crippen LogP contribution in [0.5, 0.6) is 0 Å². The molecule has 4 aromatic rings. The van der Waals surface area contributed by atoms with Gasteiger partial charge >= 0.3 is 5.69 Å². The number of para-hydroxylation sites is 1. The second kappa shape index (κ2) is 9.75. The van der Waals surface area contributed by atoms with Gasteiger partial charge in [0.15, 0.2) is 0 Å². The molecule has 0 saturated heterocycles. The van der Waals surface area contributed by atoms with Gasteiger partial charge in [-0.15, -0.1) is 0 Å². The number of hydrogen-bond acceptors (Lipinski definition) is 4. The largest absolute Gasteiger partial charge is 0.377 e. The molecular weight excluding hydrogens is 440 g/mol. The lowest BCUT2D eigenvalue weighted by atomic mass is 10.1. The van der Waals surface area contributed by atoms with Gasteiger partial charge in [-0.25, -0.2) is 4.79 Å². The highest BCUT2D eigenvalue weighted by Gasteiger charge is 2.11. The van der Waals surface area contributed by atoms with Crippen LogP contribution in [0.15, 0.2) is 82.4 Å². The molecule has 0 radical (unpaired) electrons. The fourth-order valence-electron chi connectivity index (χ4n) is 3.67. The van der Waals surface area contributed by atoms with Crippen molar-refractivity contribution in [1.29, 1.82) is 0 Å². The number of halogens is 1. The number of nitrogens with one attached hydrogen (secondary N) is 3. The van der Waals surface area contributed by atoms with Gasteiger partial charge in [-0.3, -0.25) is 19.1 Å². The number of aromatic amines is 1. The van der Waals surface area contributed by atoms with Crippen LogP contribution in [0.3, 0.4) is 0 Å². The Kier molecular flexibility index (Phi) is 6.60. The van der Waals surface area contributed by atoms with E-state index in [1.54, 1.807) is 36.4 Å². The van der Waals surface area contributed by atoms with Crippen molar-refractivity contribution in [3.8, 4) is 0 Å². The zero-order valence-electron chi connectivity index (χ0n) is 18.0. The van der Waals surface area contributed by atoms with Crippen molar-refractivity contribution in [3.63, 3.8) is 0 Å². The first-order valence-corrected chi connectivity index (χ1v) is 10.9. The minimum Gasteiger partial charge on any atom is -0.377 e. The highest BCUT2D eigenvalue weighted by molar-refractivity contribution is 6.33. The summed E-state index contributed by atoms with van der Waals surface area (Å²) >= 11 is 6.43. The summed E-state index contributed by atoms with van der Waals surface area (Å²) in [6, 6.07) is 22.1. The first-order chi connectivity index (χ1) is 15.9. The van der Waals surface area contributed by atoms with E-state index in [0.29, 0.717) is 21.6 Å². The van der Waals surface area contributed by atoms with E-state index in [9.17, 15) is 14.4 Å². The monoisotopic (exact) mass is 462 g/mol. The molecule has 1 amide bonds. The van der Waals surface area contributed by atoms with Crippen LogP contribution in [0.2, 0.25) is 5.02 Å². The molecule has 3 aromatic carbocycles. The van der Waals surface area contributed by atoms with E-state index in [1.165, 1.54) is 4.57 Å². The SMILES string of the molecule is CC(Nc1ccc(NC(=O)CCn2c(=O)[nH]c(=O)c3ccccc32)cc1Cl)c1ccccc1. The Morgan fingerprint density at radius 2 is 1.76 bits per heavy atom. The van der Waals surface area contributed by atoms with E-state index in [4.69, 9.17) is 11.6 Å².